The molecule has 3 aromatic heterocycles. The molecule has 0 saturated heterocycles. The molecule has 4 heterocycles. The van der Waals surface area contributed by atoms with Crippen LogP contribution in [0.4, 0.5) is 17.3 Å². The number of hydrogen-bond donors (Lipinski definition) is 0. The molecule has 3 aromatic rings. The van der Waals surface area contributed by atoms with Crippen LogP contribution in [0.15, 0.2) is 55.0 Å². The van der Waals surface area contributed by atoms with E-state index in [9.17, 15) is 4.79 Å². The Bertz CT molecular complexity index is 1000. The molecule has 26 heavy (non-hydrogen) atoms. The maximum absolute atomic E-state index is 13.0. The van der Waals surface area contributed by atoms with Gasteiger partial charge in [0.15, 0.2) is 5.82 Å². The van der Waals surface area contributed by atoms with Crippen LogP contribution < -0.4 is 9.80 Å². The van der Waals surface area contributed by atoms with Crippen molar-refractivity contribution in [3.63, 3.8) is 0 Å². The summed E-state index contributed by atoms with van der Waals surface area (Å²) in [5.41, 5.74) is 3.20. The minimum atomic E-state index is -0.0616. The molecule has 6 heteroatoms. The summed E-state index contributed by atoms with van der Waals surface area (Å²) in [6.45, 7) is 0. The highest BCUT2D eigenvalue weighted by atomic mass is 16.2. The average molecular weight is 343 g/mol. The predicted molar refractivity (Wildman–Crippen MR) is 99.6 cm³/mol. The minimum Gasteiger partial charge on any atom is -0.308 e. The quantitative estimate of drug-likeness (QED) is 0.713. The second kappa shape index (κ2) is 5.62. The zero-order chi connectivity index (χ0) is 17.7. The lowest BCUT2D eigenvalue weighted by Crippen LogP contribution is -2.25. The molecule has 1 saturated carbocycles. The SMILES string of the molecule is CN1C(=O)c2cccnc2N(C2CC2)c2nc(-c3cccnc3)ccc21. The number of carbonyl (C=O) groups is 1. The Kier molecular flexibility index (Phi) is 3.25. The highest BCUT2D eigenvalue weighted by Gasteiger charge is 2.39. The van der Waals surface area contributed by atoms with E-state index >= 15 is 0 Å². The fourth-order valence-electron chi connectivity index (χ4n) is 3.38. The maximum atomic E-state index is 13.0. The van der Waals surface area contributed by atoms with E-state index in [1.165, 1.54) is 0 Å². The lowest BCUT2D eigenvalue weighted by atomic mass is 10.2. The summed E-state index contributed by atoms with van der Waals surface area (Å²) >= 11 is 0. The summed E-state index contributed by atoms with van der Waals surface area (Å²) in [5.74, 6) is 1.41. The van der Waals surface area contributed by atoms with Gasteiger partial charge in [0.25, 0.3) is 5.91 Å². The molecule has 1 fully saturated rings. The molecule has 1 aliphatic carbocycles. The van der Waals surface area contributed by atoms with Gasteiger partial charge in [-0.2, -0.15) is 0 Å². The molecular weight excluding hydrogens is 326 g/mol. The third-order valence-corrected chi connectivity index (χ3v) is 4.86. The third-order valence-electron chi connectivity index (χ3n) is 4.86. The number of fused-ring (bicyclic) bond motifs is 2. The van der Waals surface area contributed by atoms with Gasteiger partial charge < -0.3 is 9.80 Å². The standard InChI is InChI=1S/C20H17N5O/c1-24-17-9-8-16(13-4-2-10-21-12-13)23-19(17)25(14-6-7-14)18-15(20(24)26)5-3-11-22-18/h2-5,8-12,14H,6-7H2,1H3. The van der Waals surface area contributed by atoms with E-state index in [1.807, 2.05) is 30.3 Å². The monoisotopic (exact) mass is 343 g/mol. The molecule has 1 aliphatic heterocycles. The van der Waals surface area contributed by atoms with E-state index < -0.39 is 0 Å². The first kappa shape index (κ1) is 15.0. The second-order valence-corrected chi connectivity index (χ2v) is 6.62. The first-order valence-electron chi connectivity index (χ1n) is 8.68. The van der Waals surface area contributed by atoms with E-state index in [4.69, 9.17) is 4.98 Å². The fraction of sp³-hybridized carbons (Fsp3) is 0.200. The van der Waals surface area contributed by atoms with Gasteiger partial charge >= 0.3 is 0 Å². The average Bonchev–Trinajstić information content (AvgIpc) is 3.53. The van der Waals surface area contributed by atoms with Gasteiger partial charge in [-0.3, -0.25) is 9.78 Å². The van der Waals surface area contributed by atoms with E-state index in [1.54, 1.807) is 36.6 Å². The van der Waals surface area contributed by atoms with Crippen LogP contribution in [0.3, 0.4) is 0 Å². The summed E-state index contributed by atoms with van der Waals surface area (Å²) in [5, 5.41) is 0. The molecular formula is C20H17N5O. The van der Waals surface area contributed by atoms with Gasteiger partial charge in [-0.15, -0.1) is 0 Å². The molecule has 0 aromatic carbocycles. The zero-order valence-corrected chi connectivity index (χ0v) is 14.3. The number of hydrogen-bond acceptors (Lipinski definition) is 5. The third kappa shape index (κ3) is 2.26. The summed E-state index contributed by atoms with van der Waals surface area (Å²) in [6, 6.07) is 11.8. The molecule has 0 bridgehead atoms. The van der Waals surface area contributed by atoms with Crippen LogP contribution in [0.2, 0.25) is 0 Å². The van der Waals surface area contributed by atoms with E-state index in [0.29, 0.717) is 17.4 Å². The summed E-state index contributed by atoms with van der Waals surface area (Å²) in [4.78, 5) is 30.4. The van der Waals surface area contributed by atoms with Crippen molar-refractivity contribution in [3.8, 4) is 11.3 Å². The van der Waals surface area contributed by atoms with Crippen LogP contribution in [-0.2, 0) is 0 Å². The molecule has 128 valence electrons. The molecule has 2 aliphatic rings. The van der Waals surface area contributed by atoms with Crippen LogP contribution in [0.1, 0.15) is 23.2 Å². The van der Waals surface area contributed by atoms with Crippen molar-refractivity contribution < 1.29 is 4.79 Å². The van der Waals surface area contributed by atoms with Gasteiger partial charge in [0.1, 0.15) is 5.82 Å². The molecule has 0 atom stereocenters. The van der Waals surface area contributed by atoms with Crippen molar-refractivity contribution in [3.05, 3.63) is 60.6 Å². The summed E-state index contributed by atoms with van der Waals surface area (Å²) in [6.07, 6.45) is 7.43. The largest absolute Gasteiger partial charge is 0.308 e. The minimum absolute atomic E-state index is 0.0616. The smallest absolute Gasteiger partial charge is 0.261 e. The number of amides is 1. The van der Waals surface area contributed by atoms with Gasteiger partial charge in [-0.05, 0) is 49.2 Å². The van der Waals surface area contributed by atoms with Crippen molar-refractivity contribution in [2.75, 3.05) is 16.8 Å². The number of carbonyl (C=O) groups excluding carboxylic acids is 1. The van der Waals surface area contributed by atoms with Gasteiger partial charge in [-0.1, -0.05) is 0 Å². The first-order chi connectivity index (χ1) is 12.7. The Hall–Kier alpha value is -3.28. The summed E-state index contributed by atoms with van der Waals surface area (Å²) in [7, 11) is 1.79. The van der Waals surface area contributed by atoms with Crippen molar-refractivity contribution in [2.24, 2.45) is 0 Å². The molecule has 0 spiro atoms. The molecule has 0 radical (unpaired) electrons. The van der Waals surface area contributed by atoms with Crippen molar-refractivity contribution in [1.82, 2.24) is 15.0 Å². The van der Waals surface area contributed by atoms with Crippen molar-refractivity contribution in [2.45, 2.75) is 18.9 Å². The van der Waals surface area contributed by atoms with Crippen molar-refractivity contribution in [1.29, 1.82) is 0 Å². The number of pyridine rings is 3. The maximum Gasteiger partial charge on any atom is 0.261 e. The van der Waals surface area contributed by atoms with Crippen LogP contribution >= 0.6 is 0 Å². The summed E-state index contributed by atoms with van der Waals surface area (Å²) < 4.78 is 0. The van der Waals surface area contributed by atoms with E-state index in [0.717, 1.165) is 35.6 Å². The van der Waals surface area contributed by atoms with Crippen LogP contribution in [0.25, 0.3) is 11.3 Å². The Morgan fingerprint density at radius 2 is 1.88 bits per heavy atom. The molecule has 1 amide bonds. The van der Waals surface area contributed by atoms with Gasteiger partial charge in [-0.25, -0.2) is 9.97 Å². The Balaban J connectivity index is 1.75. The predicted octanol–water partition coefficient (Wildman–Crippen LogP) is 3.43. The van der Waals surface area contributed by atoms with Gasteiger partial charge in [0.05, 0.1) is 16.9 Å². The van der Waals surface area contributed by atoms with Crippen LogP contribution in [0, 0.1) is 0 Å². The molecule has 0 N–H and O–H groups in total. The normalized spacial score (nSPS) is 16.1. The topological polar surface area (TPSA) is 62.2 Å². The fourth-order valence-corrected chi connectivity index (χ4v) is 3.38. The molecule has 6 nitrogen and oxygen atoms in total. The van der Waals surface area contributed by atoms with Gasteiger partial charge in [0.2, 0.25) is 0 Å². The lowest BCUT2D eigenvalue weighted by molar-refractivity contribution is 0.0994. The lowest BCUT2D eigenvalue weighted by Gasteiger charge is -2.24. The van der Waals surface area contributed by atoms with Gasteiger partial charge in [0, 0.05) is 37.2 Å². The van der Waals surface area contributed by atoms with E-state index in [-0.39, 0.29) is 5.91 Å². The van der Waals surface area contributed by atoms with Crippen LogP contribution in [0.5, 0.6) is 0 Å². The number of nitrogens with zero attached hydrogens (tertiary/aromatic N) is 5. The molecule has 0 unspecified atom stereocenters. The number of anilines is 3. The second-order valence-electron chi connectivity index (χ2n) is 6.62. The Morgan fingerprint density at radius 1 is 1.04 bits per heavy atom. The van der Waals surface area contributed by atoms with E-state index in [2.05, 4.69) is 14.9 Å². The molecule has 5 rings (SSSR count). The van der Waals surface area contributed by atoms with Crippen LogP contribution in [-0.4, -0.2) is 33.9 Å². The zero-order valence-electron chi connectivity index (χ0n) is 14.3. The number of rotatable bonds is 2. The highest BCUT2D eigenvalue weighted by molar-refractivity contribution is 6.12. The highest BCUT2D eigenvalue weighted by Crippen LogP contribution is 2.45. The Labute approximate surface area is 151 Å². The first-order valence-corrected chi connectivity index (χ1v) is 8.68. The number of aromatic nitrogens is 3. The Morgan fingerprint density at radius 3 is 2.65 bits per heavy atom. The van der Waals surface area contributed by atoms with Crippen molar-refractivity contribution >= 4 is 23.2 Å².